The first kappa shape index (κ1) is 19.5. The van der Waals surface area contributed by atoms with Crippen molar-refractivity contribution in [3.63, 3.8) is 0 Å². The Bertz CT molecular complexity index is 977. The van der Waals surface area contributed by atoms with Crippen molar-refractivity contribution < 1.29 is 9.90 Å². The number of H-pyrrole nitrogens is 1. The molecule has 29 heavy (non-hydrogen) atoms. The van der Waals surface area contributed by atoms with Crippen molar-refractivity contribution in [3.8, 4) is 5.75 Å². The van der Waals surface area contributed by atoms with Gasteiger partial charge in [0.2, 0.25) is 5.91 Å². The van der Waals surface area contributed by atoms with E-state index in [1.807, 2.05) is 12.1 Å². The molecule has 4 rings (SSSR count). The number of aromatic nitrogens is 1. The van der Waals surface area contributed by atoms with E-state index >= 15 is 0 Å². The fraction of sp³-hybridized carbons (Fsp3) is 0.375. The standard InChI is InChI=1S/C24H29N3O2/c25-24(29)18-8-11-23-22(14-18)19(15-26-23)4-1-2-12-27-13-3-5-20(16-27)17-6-9-21(28)10-7-17/h6-11,14-15,20,26,28H,1-5,12-13,16H2,(H2,25,29). The minimum Gasteiger partial charge on any atom is -0.508 e. The van der Waals surface area contributed by atoms with Crippen LogP contribution in [0, 0.1) is 0 Å². The van der Waals surface area contributed by atoms with E-state index < -0.39 is 0 Å². The van der Waals surface area contributed by atoms with Crippen LogP contribution < -0.4 is 5.73 Å². The highest BCUT2D eigenvalue weighted by atomic mass is 16.3. The third-order valence-corrected chi connectivity index (χ3v) is 6.09. The summed E-state index contributed by atoms with van der Waals surface area (Å²) in [6.45, 7) is 3.38. The normalized spacial score (nSPS) is 17.6. The van der Waals surface area contributed by atoms with E-state index in [1.54, 1.807) is 18.2 Å². The lowest BCUT2D eigenvalue weighted by Gasteiger charge is -2.33. The summed E-state index contributed by atoms with van der Waals surface area (Å²) in [6, 6.07) is 13.3. The highest BCUT2D eigenvalue weighted by Crippen LogP contribution is 2.28. The number of benzene rings is 2. The van der Waals surface area contributed by atoms with Gasteiger partial charge in [-0.25, -0.2) is 0 Å². The number of carbonyl (C=O) groups excluding carboxylic acids is 1. The molecule has 2 aromatic carbocycles. The highest BCUT2D eigenvalue weighted by Gasteiger charge is 2.21. The number of fused-ring (bicyclic) bond motifs is 1. The van der Waals surface area contributed by atoms with E-state index in [4.69, 9.17) is 5.73 Å². The molecule has 1 unspecified atom stereocenters. The van der Waals surface area contributed by atoms with Crippen LogP contribution in [0.2, 0.25) is 0 Å². The van der Waals surface area contributed by atoms with Crippen molar-refractivity contribution >= 4 is 16.8 Å². The van der Waals surface area contributed by atoms with E-state index in [2.05, 4.69) is 28.2 Å². The predicted octanol–water partition coefficient (Wildman–Crippen LogP) is 4.17. The minimum absolute atomic E-state index is 0.335. The summed E-state index contributed by atoms with van der Waals surface area (Å²) in [5.74, 6) is 0.513. The summed E-state index contributed by atoms with van der Waals surface area (Å²) in [5.41, 5.74) is 9.62. The molecule has 0 aliphatic carbocycles. The number of piperidine rings is 1. The Labute approximate surface area is 171 Å². The van der Waals surface area contributed by atoms with Crippen LogP contribution in [0.4, 0.5) is 0 Å². The van der Waals surface area contributed by atoms with Gasteiger partial charge in [-0.3, -0.25) is 4.79 Å². The Balaban J connectivity index is 1.29. The van der Waals surface area contributed by atoms with Crippen LogP contribution in [0.1, 0.15) is 53.1 Å². The molecule has 1 amide bonds. The molecular formula is C24H29N3O2. The van der Waals surface area contributed by atoms with Crippen molar-refractivity contribution in [2.75, 3.05) is 19.6 Å². The largest absolute Gasteiger partial charge is 0.508 e. The fourth-order valence-electron chi connectivity index (χ4n) is 4.47. The number of nitrogens with one attached hydrogen (secondary N) is 1. The molecule has 1 atom stereocenters. The average Bonchev–Trinajstić information content (AvgIpc) is 3.14. The highest BCUT2D eigenvalue weighted by molar-refractivity contribution is 5.97. The van der Waals surface area contributed by atoms with Gasteiger partial charge in [0.15, 0.2) is 0 Å². The van der Waals surface area contributed by atoms with Crippen LogP contribution in [0.3, 0.4) is 0 Å². The molecular weight excluding hydrogens is 362 g/mol. The summed E-state index contributed by atoms with van der Waals surface area (Å²) in [4.78, 5) is 17.3. The number of amides is 1. The number of phenolic OH excluding ortho intramolecular Hbond substituents is 1. The third-order valence-electron chi connectivity index (χ3n) is 6.09. The van der Waals surface area contributed by atoms with Gasteiger partial charge in [0, 0.05) is 29.2 Å². The molecule has 0 spiro atoms. The van der Waals surface area contributed by atoms with Crippen LogP contribution in [0.25, 0.3) is 10.9 Å². The number of aromatic hydroxyl groups is 1. The van der Waals surface area contributed by atoms with Gasteiger partial charge in [0.05, 0.1) is 0 Å². The maximum absolute atomic E-state index is 11.5. The van der Waals surface area contributed by atoms with Crippen LogP contribution >= 0.6 is 0 Å². The lowest BCUT2D eigenvalue weighted by atomic mass is 9.90. The number of nitrogens with two attached hydrogens (primary N) is 1. The Hall–Kier alpha value is -2.79. The summed E-state index contributed by atoms with van der Waals surface area (Å²) in [5, 5.41) is 10.6. The zero-order chi connectivity index (χ0) is 20.2. The number of hydrogen-bond donors (Lipinski definition) is 3. The molecule has 4 N–H and O–H groups in total. The second kappa shape index (κ2) is 8.70. The van der Waals surface area contributed by atoms with Crippen molar-refractivity contribution in [2.24, 2.45) is 5.73 Å². The van der Waals surface area contributed by atoms with Crippen LogP contribution in [0.5, 0.6) is 5.75 Å². The summed E-state index contributed by atoms with van der Waals surface area (Å²) in [6.07, 6.45) is 7.77. The van der Waals surface area contributed by atoms with Gasteiger partial charge in [0.25, 0.3) is 0 Å². The van der Waals surface area contributed by atoms with Gasteiger partial charge >= 0.3 is 0 Å². The zero-order valence-corrected chi connectivity index (χ0v) is 16.7. The summed E-state index contributed by atoms with van der Waals surface area (Å²) >= 11 is 0. The Morgan fingerprint density at radius 3 is 2.79 bits per heavy atom. The number of phenols is 1. The maximum Gasteiger partial charge on any atom is 0.248 e. The first-order chi connectivity index (χ1) is 14.1. The number of nitrogens with zero attached hydrogens (tertiary/aromatic N) is 1. The molecule has 1 fully saturated rings. The third kappa shape index (κ3) is 4.62. The second-order valence-corrected chi connectivity index (χ2v) is 8.13. The number of likely N-dealkylation sites (tertiary alicyclic amines) is 1. The molecule has 0 bridgehead atoms. The quantitative estimate of drug-likeness (QED) is 0.529. The number of unbranched alkanes of at least 4 members (excludes halogenated alkanes) is 1. The smallest absolute Gasteiger partial charge is 0.248 e. The molecule has 5 heteroatoms. The second-order valence-electron chi connectivity index (χ2n) is 8.13. The Morgan fingerprint density at radius 2 is 2.00 bits per heavy atom. The Kier molecular flexibility index (Phi) is 5.86. The SMILES string of the molecule is NC(=O)c1ccc2[nH]cc(CCCCN3CCCC(c4ccc(O)cc4)C3)c2c1. The van der Waals surface area contributed by atoms with Crippen molar-refractivity contribution in [1.82, 2.24) is 9.88 Å². The first-order valence-corrected chi connectivity index (χ1v) is 10.5. The van der Waals surface area contributed by atoms with Gasteiger partial charge in [-0.2, -0.15) is 0 Å². The lowest BCUT2D eigenvalue weighted by molar-refractivity contribution is 0.100. The number of aromatic amines is 1. The van der Waals surface area contributed by atoms with Gasteiger partial charge in [-0.1, -0.05) is 12.1 Å². The molecule has 152 valence electrons. The average molecular weight is 392 g/mol. The number of carbonyl (C=O) groups is 1. The number of hydrogen-bond acceptors (Lipinski definition) is 3. The summed E-state index contributed by atoms with van der Waals surface area (Å²) in [7, 11) is 0. The fourth-order valence-corrected chi connectivity index (χ4v) is 4.47. The molecule has 1 aromatic heterocycles. The Morgan fingerprint density at radius 1 is 1.17 bits per heavy atom. The minimum atomic E-state index is -0.382. The van der Waals surface area contributed by atoms with Gasteiger partial charge < -0.3 is 20.7 Å². The van der Waals surface area contributed by atoms with Gasteiger partial charge in [-0.05, 0) is 92.6 Å². The topological polar surface area (TPSA) is 82.4 Å². The predicted molar refractivity (Wildman–Crippen MR) is 116 cm³/mol. The van der Waals surface area contributed by atoms with E-state index in [0.29, 0.717) is 17.2 Å². The first-order valence-electron chi connectivity index (χ1n) is 10.5. The number of rotatable bonds is 7. The molecule has 5 nitrogen and oxygen atoms in total. The lowest BCUT2D eigenvalue weighted by Crippen LogP contribution is -2.35. The van der Waals surface area contributed by atoms with Crippen molar-refractivity contribution in [1.29, 1.82) is 0 Å². The van der Waals surface area contributed by atoms with E-state index in [0.717, 1.165) is 43.3 Å². The van der Waals surface area contributed by atoms with Crippen molar-refractivity contribution in [2.45, 2.75) is 38.0 Å². The van der Waals surface area contributed by atoms with E-state index in [1.165, 1.54) is 30.5 Å². The molecule has 3 aromatic rings. The van der Waals surface area contributed by atoms with Gasteiger partial charge in [-0.15, -0.1) is 0 Å². The van der Waals surface area contributed by atoms with Crippen LogP contribution in [-0.2, 0) is 6.42 Å². The zero-order valence-electron chi connectivity index (χ0n) is 16.7. The van der Waals surface area contributed by atoms with E-state index in [9.17, 15) is 9.90 Å². The molecule has 0 radical (unpaired) electrons. The maximum atomic E-state index is 11.5. The van der Waals surface area contributed by atoms with Gasteiger partial charge in [0.1, 0.15) is 5.75 Å². The molecule has 2 heterocycles. The van der Waals surface area contributed by atoms with Crippen LogP contribution in [-0.4, -0.2) is 40.5 Å². The molecule has 1 aliphatic heterocycles. The number of primary amides is 1. The molecule has 1 saturated heterocycles. The molecule has 1 aliphatic rings. The van der Waals surface area contributed by atoms with Crippen LogP contribution in [0.15, 0.2) is 48.7 Å². The summed E-state index contributed by atoms with van der Waals surface area (Å²) < 4.78 is 0. The van der Waals surface area contributed by atoms with E-state index in [-0.39, 0.29) is 5.91 Å². The monoisotopic (exact) mass is 391 g/mol. The molecule has 0 saturated carbocycles. The number of aryl methyl sites for hydroxylation is 1. The van der Waals surface area contributed by atoms with Crippen molar-refractivity contribution in [3.05, 3.63) is 65.4 Å².